The van der Waals surface area contributed by atoms with Crippen molar-refractivity contribution in [2.45, 2.75) is 43.8 Å². The largest absolute Gasteiger partial charge is 0.371 e. The van der Waals surface area contributed by atoms with E-state index in [1.165, 1.54) is 6.42 Å². The second-order valence-electron chi connectivity index (χ2n) is 5.45. The van der Waals surface area contributed by atoms with Crippen molar-refractivity contribution in [3.05, 3.63) is 0 Å². The van der Waals surface area contributed by atoms with E-state index in [0.717, 1.165) is 25.7 Å². The van der Waals surface area contributed by atoms with Gasteiger partial charge in [0.2, 0.25) is 0 Å². The Hall–Kier alpha value is -0.160. The van der Waals surface area contributed by atoms with Gasteiger partial charge in [0.25, 0.3) is 0 Å². The van der Waals surface area contributed by atoms with Crippen LogP contribution in [-0.4, -0.2) is 25.9 Å². The van der Waals surface area contributed by atoms with Crippen LogP contribution in [-0.2, 0) is 15.0 Å². The van der Waals surface area contributed by atoms with Gasteiger partial charge in [-0.25, -0.2) is 0 Å². The molecule has 4 fully saturated rings. The molecule has 0 N–H and O–H groups in total. The normalized spacial score (nSPS) is 48.5. The molecule has 2 atom stereocenters. The minimum atomic E-state index is -4.41. The third kappa shape index (κ3) is 1.80. The van der Waals surface area contributed by atoms with E-state index in [1.54, 1.807) is 0 Å². The fraction of sp³-hybridized carbons (Fsp3) is 1.00. The van der Waals surface area contributed by atoms with E-state index in [1.807, 2.05) is 0 Å². The van der Waals surface area contributed by atoms with Crippen LogP contribution in [0.4, 0.5) is 3.89 Å². The van der Waals surface area contributed by atoms with Gasteiger partial charge < -0.3 is 4.74 Å². The fourth-order valence-corrected chi connectivity index (χ4v) is 4.92. The topological polar surface area (TPSA) is 43.4 Å². The Balaban J connectivity index is 1.87. The first-order valence-corrected chi connectivity index (χ1v) is 7.10. The van der Waals surface area contributed by atoms with Crippen molar-refractivity contribution in [3.8, 4) is 0 Å². The summed E-state index contributed by atoms with van der Waals surface area (Å²) in [6, 6.07) is 0. The quantitative estimate of drug-likeness (QED) is 0.682. The highest BCUT2D eigenvalue weighted by molar-refractivity contribution is 7.86. The summed E-state index contributed by atoms with van der Waals surface area (Å²) in [4.78, 5) is 0. The van der Waals surface area contributed by atoms with E-state index in [0.29, 0.717) is 11.8 Å². The van der Waals surface area contributed by atoms with Crippen molar-refractivity contribution in [2.24, 2.45) is 11.8 Å². The average molecular weight is 234 g/mol. The van der Waals surface area contributed by atoms with Gasteiger partial charge in [0.1, 0.15) is 5.75 Å². The van der Waals surface area contributed by atoms with Crippen molar-refractivity contribution in [3.63, 3.8) is 0 Å². The monoisotopic (exact) mass is 234 g/mol. The highest BCUT2D eigenvalue weighted by Gasteiger charge is 2.53. The zero-order chi connectivity index (χ0) is 10.7. The summed E-state index contributed by atoms with van der Waals surface area (Å²) in [6.45, 7) is 0. The van der Waals surface area contributed by atoms with Crippen molar-refractivity contribution < 1.29 is 17.0 Å². The molecule has 0 radical (unpaired) electrons. The highest BCUT2D eigenvalue weighted by Crippen LogP contribution is 2.53. The van der Waals surface area contributed by atoms with Gasteiger partial charge in [0, 0.05) is 0 Å². The maximum atomic E-state index is 12.8. The predicted molar refractivity (Wildman–Crippen MR) is 52.6 cm³/mol. The molecule has 2 aliphatic carbocycles. The molecule has 0 aromatic heterocycles. The molecular weight excluding hydrogens is 219 g/mol. The minimum Gasteiger partial charge on any atom is -0.371 e. The molecule has 2 unspecified atom stereocenters. The zero-order valence-corrected chi connectivity index (χ0v) is 9.30. The zero-order valence-electron chi connectivity index (χ0n) is 8.49. The summed E-state index contributed by atoms with van der Waals surface area (Å²) in [7, 11) is -4.41. The molecule has 2 saturated heterocycles. The molecule has 0 aromatic rings. The molecule has 4 rings (SSSR count). The van der Waals surface area contributed by atoms with E-state index in [4.69, 9.17) is 4.74 Å². The summed E-state index contributed by atoms with van der Waals surface area (Å²) in [5, 5.41) is 0. The lowest BCUT2D eigenvalue weighted by atomic mass is 9.63. The van der Waals surface area contributed by atoms with E-state index >= 15 is 0 Å². The maximum absolute atomic E-state index is 12.8. The third-order valence-corrected chi connectivity index (χ3v) is 4.90. The van der Waals surface area contributed by atoms with Gasteiger partial charge in [-0.3, -0.25) is 0 Å². The molecule has 2 saturated carbocycles. The third-order valence-electron chi connectivity index (χ3n) is 4.03. The van der Waals surface area contributed by atoms with Crippen LogP contribution in [0.25, 0.3) is 0 Å². The van der Waals surface area contributed by atoms with Crippen LogP contribution in [0.3, 0.4) is 0 Å². The molecule has 15 heavy (non-hydrogen) atoms. The van der Waals surface area contributed by atoms with E-state index in [-0.39, 0.29) is 6.10 Å². The SMILES string of the molecule is O=S(=O)(F)CC12CC3CC(CC(C3)O1)C2. The molecule has 3 nitrogen and oxygen atoms in total. The summed E-state index contributed by atoms with van der Waals surface area (Å²) < 4.78 is 40.1. The summed E-state index contributed by atoms with van der Waals surface area (Å²) in [5.41, 5.74) is -0.678. The molecular formula is C10H15FO3S. The molecule has 4 bridgehead atoms. The van der Waals surface area contributed by atoms with Crippen LogP contribution >= 0.6 is 0 Å². The lowest BCUT2D eigenvalue weighted by Crippen LogP contribution is -2.57. The first-order valence-electron chi connectivity index (χ1n) is 5.54. The summed E-state index contributed by atoms with van der Waals surface area (Å²) in [5.74, 6) is 0.708. The summed E-state index contributed by atoms with van der Waals surface area (Å²) >= 11 is 0. The van der Waals surface area contributed by atoms with Crippen LogP contribution in [0, 0.1) is 11.8 Å². The maximum Gasteiger partial charge on any atom is 0.305 e. The van der Waals surface area contributed by atoms with Crippen LogP contribution in [0.2, 0.25) is 0 Å². The van der Waals surface area contributed by atoms with Gasteiger partial charge in [-0.05, 0) is 43.9 Å². The first-order chi connectivity index (χ1) is 6.94. The molecule has 4 aliphatic rings. The molecule has 0 spiro atoms. The molecule has 2 heterocycles. The van der Waals surface area contributed by atoms with E-state index in [9.17, 15) is 12.3 Å². The number of hydrogen-bond donors (Lipinski definition) is 0. The van der Waals surface area contributed by atoms with Gasteiger partial charge in [0.05, 0.1) is 11.7 Å². The van der Waals surface area contributed by atoms with Crippen LogP contribution in [0.5, 0.6) is 0 Å². The average Bonchev–Trinajstić information content (AvgIpc) is 1.94. The molecule has 0 amide bonds. The molecule has 0 aromatic carbocycles. The Morgan fingerprint density at radius 3 is 2.27 bits per heavy atom. The second kappa shape index (κ2) is 2.94. The molecule has 2 aliphatic heterocycles. The second-order valence-corrected chi connectivity index (χ2v) is 6.82. The Morgan fingerprint density at radius 2 is 1.80 bits per heavy atom. The number of ether oxygens (including phenoxy) is 1. The predicted octanol–water partition coefficient (Wildman–Crippen LogP) is 1.63. The number of halogens is 1. The van der Waals surface area contributed by atoms with Crippen LogP contribution < -0.4 is 0 Å². The smallest absolute Gasteiger partial charge is 0.305 e. The standard InChI is InChI=1S/C10H15FO3S/c11-15(12,13)6-10-4-7-1-8(5-10)3-9(2-7)14-10/h7-9H,1-6H2. The van der Waals surface area contributed by atoms with Gasteiger partial charge in [-0.15, -0.1) is 3.89 Å². The lowest BCUT2D eigenvalue weighted by Gasteiger charge is -2.55. The van der Waals surface area contributed by atoms with Gasteiger partial charge in [-0.2, -0.15) is 8.42 Å². The van der Waals surface area contributed by atoms with Gasteiger partial charge in [-0.1, -0.05) is 0 Å². The van der Waals surface area contributed by atoms with Crippen molar-refractivity contribution >= 4 is 10.2 Å². The number of rotatable bonds is 2. The first kappa shape index (κ1) is 10.0. The van der Waals surface area contributed by atoms with Crippen LogP contribution in [0.15, 0.2) is 0 Å². The number of hydrogen-bond acceptors (Lipinski definition) is 3. The lowest BCUT2D eigenvalue weighted by molar-refractivity contribution is -0.209. The minimum absolute atomic E-state index is 0.193. The molecule has 5 heteroatoms. The van der Waals surface area contributed by atoms with Crippen molar-refractivity contribution in [1.82, 2.24) is 0 Å². The van der Waals surface area contributed by atoms with Crippen molar-refractivity contribution in [2.75, 3.05) is 5.75 Å². The molecule has 86 valence electrons. The van der Waals surface area contributed by atoms with Crippen LogP contribution in [0.1, 0.15) is 32.1 Å². The Kier molecular flexibility index (Phi) is 1.97. The Bertz CT molecular complexity index is 341. The Morgan fingerprint density at radius 1 is 1.20 bits per heavy atom. The van der Waals surface area contributed by atoms with E-state index < -0.39 is 21.6 Å². The fourth-order valence-electron chi connectivity index (χ4n) is 3.98. The van der Waals surface area contributed by atoms with Gasteiger partial charge >= 0.3 is 10.2 Å². The van der Waals surface area contributed by atoms with Gasteiger partial charge in [0.15, 0.2) is 0 Å². The highest BCUT2D eigenvalue weighted by atomic mass is 32.3. The van der Waals surface area contributed by atoms with E-state index in [2.05, 4.69) is 0 Å². The summed E-state index contributed by atoms with van der Waals surface area (Å²) in [6.07, 6.45) is 4.95. The van der Waals surface area contributed by atoms with Crippen molar-refractivity contribution in [1.29, 1.82) is 0 Å². The Labute approximate surface area is 89.2 Å².